The second-order valence-corrected chi connectivity index (χ2v) is 9.22. The van der Waals surface area contributed by atoms with Gasteiger partial charge in [0.1, 0.15) is 5.75 Å². The highest BCUT2D eigenvalue weighted by Gasteiger charge is 2.18. The molecule has 0 spiro atoms. The van der Waals surface area contributed by atoms with Crippen LogP contribution in [0.25, 0.3) is 0 Å². The molecule has 1 amide bonds. The molecule has 0 aliphatic heterocycles. The number of amides is 1. The van der Waals surface area contributed by atoms with Crippen molar-refractivity contribution in [3.05, 3.63) is 88.4 Å². The fourth-order valence-electron chi connectivity index (χ4n) is 2.75. The molecule has 2 N–H and O–H groups in total. The van der Waals surface area contributed by atoms with E-state index in [4.69, 9.17) is 27.9 Å². The Balaban J connectivity index is 1.56. The smallest absolute Gasteiger partial charge is 0.262 e. The fraction of sp³-hybridized carbons (Fsp3) is 0.136. The molecule has 0 saturated heterocycles. The fourth-order valence-corrected chi connectivity index (χ4v) is 4.28. The van der Waals surface area contributed by atoms with Gasteiger partial charge in [-0.15, -0.1) is 0 Å². The Kier molecular flexibility index (Phi) is 7.56. The monoisotopic (exact) mass is 478 g/mol. The van der Waals surface area contributed by atoms with Crippen molar-refractivity contribution < 1.29 is 17.9 Å². The largest absolute Gasteiger partial charge is 0.484 e. The van der Waals surface area contributed by atoms with Crippen molar-refractivity contribution in [1.82, 2.24) is 4.72 Å². The summed E-state index contributed by atoms with van der Waals surface area (Å²) in [6, 6.07) is 19.5. The predicted molar refractivity (Wildman–Crippen MR) is 122 cm³/mol. The van der Waals surface area contributed by atoms with Crippen LogP contribution in [0.3, 0.4) is 0 Å². The first-order valence-electron chi connectivity index (χ1n) is 9.29. The number of hydrogen-bond acceptors (Lipinski definition) is 4. The number of hydrogen-bond donors (Lipinski definition) is 2. The minimum atomic E-state index is -3.71. The summed E-state index contributed by atoms with van der Waals surface area (Å²) in [4.78, 5) is 12.1. The zero-order valence-electron chi connectivity index (χ0n) is 16.5. The number of nitrogens with one attached hydrogen (secondary N) is 2. The summed E-state index contributed by atoms with van der Waals surface area (Å²) < 4.78 is 33.3. The molecule has 0 aliphatic carbocycles. The third-order valence-electron chi connectivity index (χ3n) is 4.34. The molecule has 0 saturated carbocycles. The van der Waals surface area contributed by atoms with Gasteiger partial charge in [0.25, 0.3) is 5.91 Å². The number of rotatable bonds is 8. The van der Waals surface area contributed by atoms with Crippen molar-refractivity contribution in [3.8, 4) is 5.75 Å². The first-order chi connectivity index (χ1) is 14.7. The van der Waals surface area contributed by atoms with Crippen LogP contribution in [0.1, 0.15) is 18.5 Å². The lowest BCUT2D eigenvalue weighted by atomic mass is 10.1. The molecular weight excluding hydrogens is 459 g/mol. The average Bonchev–Trinajstić information content (AvgIpc) is 2.75. The van der Waals surface area contributed by atoms with Gasteiger partial charge in [-0.25, -0.2) is 13.1 Å². The lowest BCUT2D eigenvalue weighted by Crippen LogP contribution is -2.26. The Hall–Kier alpha value is -2.58. The SMILES string of the molecule is C[C@H](NS(=O)(=O)c1ccc(OCC(=O)Nc2ccc(Cl)c(Cl)c2)cc1)c1ccccc1. The first-order valence-corrected chi connectivity index (χ1v) is 11.5. The Morgan fingerprint density at radius 1 is 0.968 bits per heavy atom. The molecule has 6 nitrogen and oxygen atoms in total. The van der Waals surface area contributed by atoms with E-state index in [1.165, 1.54) is 30.3 Å². The molecule has 162 valence electrons. The van der Waals surface area contributed by atoms with Crippen LogP contribution < -0.4 is 14.8 Å². The lowest BCUT2D eigenvalue weighted by Gasteiger charge is -2.15. The highest BCUT2D eigenvalue weighted by Crippen LogP contribution is 2.25. The van der Waals surface area contributed by atoms with Crippen LogP contribution >= 0.6 is 23.2 Å². The van der Waals surface area contributed by atoms with Crippen LogP contribution in [0.4, 0.5) is 5.69 Å². The van der Waals surface area contributed by atoms with Crippen molar-refractivity contribution >= 4 is 44.8 Å². The van der Waals surface area contributed by atoms with E-state index in [0.29, 0.717) is 21.5 Å². The quantitative estimate of drug-likeness (QED) is 0.474. The van der Waals surface area contributed by atoms with E-state index >= 15 is 0 Å². The summed E-state index contributed by atoms with van der Waals surface area (Å²) in [5.74, 6) is -0.0345. The Bertz CT molecular complexity index is 1150. The van der Waals surface area contributed by atoms with E-state index in [1.807, 2.05) is 30.3 Å². The highest BCUT2D eigenvalue weighted by molar-refractivity contribution is 7.89. The second kappa shape index (κ2) is 10.2. The van der Waals surface area contributed by atoms with Crippen LogP contribution in [0.2, 0.25) is 10.0 Å². The number of sulfonamides is 1. The summed E-state index contributed by atoms with van der Waals surface area (Å²) in [5.41, 5.74) is 1.35. The maximum Gasteiger partial charge on any atom is 0.262 e. The molecule has 0 unspecified atom stereocenters. The molecule has 0 bridgehead atoms. The van der Waals surface area contributed by atoms with E-state index in [1.54, 1.807) is 19.1 Å². The normalized spacial score (nSPS) is 12.2. The molecule has 3 aromatic carbocycles. The topological polar surface area (TPSA) is 84.5 Å². The van der Waals surface area contributed by atoms with E-state index in [-0.39, 0.29) is 17.5 Å². The molecule has 3 rings (SSSR count). The molecule has 0 aromatic heterocycles. The molecule has 0 aliphatic rings. The van der Waals surface area contributed by atoms with Gasteiger partial charge in [0.2, 0.25) is 10.0 Å². The molecular formula is C22H20Cl2N2O4S. The maximum absolute atomic E-state index is 12.6. The van der Waals surface area contributed by atoms with E-state index < -0.39 is 15.9 Å². The highest BCUT2D eigenvalue weighted by atomic mass is 35.5. The van der Waals surface area contributed by atoms with Crippen LogP contribution in [0.15, 0.2) is 77.7 Å². The zero-order chi connectivity index (χ0) is 22.4. The van der Waals surface area contributed by atoms with Gasteiger partial charge >= 0.3 is 0 Å². The summed E-state index contributed by atoms with van der Waals surface area (Å²) in [5, 5.41) is 3.35. The average molecular weight is 479 g/mol. The van der Waals surface area contributed by atoms with Crippen molar-refractivity contribution in [1.29, 1.82) is 0 Å². The van der Waals surface area contributed by atoms with Gasteiger partial charge in [0, 0.05) is 11.7 Å². The maximum atomic E-state index is 12.6. The van der Waals surface area contributed by atoms with Crippen molar-refractivity contribution in [2.75, 3.05) is 11.9 Å². The molecule has 9 heteroatoms. The second-order valence-electron chi connectivity index (χ2n) is 6.69. The predicted octanol–water partition coefficient (Wildman–Crippen LogP) is 5.05. The van der Waals surface area contributed by atoms with Gasteiger partial charge < -0.3 is 10.1 Å². The van der Waals surface area contributed by atoms with Crippen LogP contribution in [0.5, 0.6) is 5.75 Å². The molecule has 1 atom stereocenters. The molecule has 0 heterocycles. The minimum Gasteiger partial charge on any atom is -0.484 e. The lowest BCUT2D eigenvalue weighted by molar-refractivity contribution is -0.118. The molecule has 0 fully saturated rings. The number of halogens is 2. The Morgan fingerprint density at radius 2 is 1.65 bits per heavy atom. The number of ether oxygens (including phenoxy) is 1. The van der Waals surface area contributed by atoms with Crippen molar-refractivity contribution in [2.45, 2.75) is 17.9 Å². The van der Waals surface area contributed by atoms with Crippen molar-refractivity contribution in [2.24, 2.45) is 0 Å². The molecule has 31 heavy (non-hydrogen) atoms. The number of carbonyl (C=O) groups is 1. The Labute approximate surface area is 191 Å². The van der Waals surface area contributed by atoms with Gasteiger partial charge in [-0.2, -0.15) is 0 Å². The van der Waals surface area contributed by atoms with E-state index in [9.17, 15) is 13.2 Å². The van der Waals surface area contributed by atoms with E-state index in [2.05, 4.69) is 10.0 Å². The summed E-state index contributed by atoms with van der Waals surface area (Å²) in [7, 11) is -3.71. The van der Waals surface area contributed by atoms with Gasteiger partial charge in [-0.1, -0.05) is 53.5 Å². The van der Waals surface area contributed by atoms with Gasteiger partial charge in [-0.05, 0) is 55.0 Å². The number of benzene rings is 3. The summed E-state index contributed by atoms with van der Waals surface area (Å²) in [6.45, 7) is 1.52. The minimum absolute atomic E-state index is 0.0999. The Morgan fingerprint density at radius 3 is 2.29 bits per heavy atom. The standard InChI is InChI=1S/C22H20Cl2N2O4S/c1-15(16-5-3-2-4-6-16)26-31(28,29)19-10-8-18(9-11-19)30-14-22(27)25-17-7-12-20(23)21(24)13-17/h2-13,15,26H,14H2,1H3,(H,25,27)/t15-/m0/s1. The third kappa shape index (κ3) is 6.45. The molecule has 0 radical (unpaired) electrons. The summed E-state index contributed by atoms with van der Waals surface area (Å²) >= 11 is 11.8. The number of anilines is 1. The van der Waals surface area contributed by atoms with Gasteiger partial charge in [0.05, 0.1) is 14.9 Å². The third-order valence-corrected chi connectivity index (χ3v) is 6.63. The first kappa shape index (κ1) is 23.1. The van der Waals surface area contributed by atoms with E-state index in [0.717, 1.165) is 5.56 Å². The van der Waals surface area contributed by atoms with Crippen LogP contribution in [-0.2, 0) is 14.8 Å². The zero-order valence-corrected chi connectivity index (χ0v) is 18.8. The van der Waals surface area contributed by atoms with Gasteiger partial charge in [-0.3, -0.25) is 4.79 Å². The molecule has 3 aromatic rings. The summed E-state index contributed by atoms with van der Waals surface area (Å²) in [6.07, 6.45) is 0. The van der Waals surface area contributed by atoms with Gasteiger partial charge in [0.15, 0.2) is 6.61 Å². The van der Waals surface area contributed by atoms with Crippen LogP contribution in [0, 0.1) is 0 Å². The van der Waals surface area contributed by atoms with Crippen LogP contribution in [-0.4, -0.2) is 20.9 Å². The van der Waals surface area contributed by atoms with Crippen molar-refractivity contribution in [3.63, 3.8) is 0 Å². The number of carbonyl (C=O) groups excluding carboxylic acids is 1.